The van der Waals surface area contributed by atoms with E-state index < -0.39 is 30.8 Å². The number of alkyl halides is 3. The van der Waals surface area contributed by atoms with Crippen molar-refractivity contribution in [2.45, 2.75) is 89.5 Å². The number of ether oxygens (including phenoxy) is 3. The minimum absolute atomic E-state index is 0.0316. The van der Waals surface area contributed by atoms with E-state index in [1.807, 2.05) is 0 Å². The summed E-state index contributed by atoms with van der Waals surface area (Å²) in [7, 11) is 0. The van der Waals surface area contributed by atoms with E-state index in [9.17, 15) is 27.9 Å². The van der Waals surface area contributed by atoms with Crippen LogP contribution in [0.25, 0.3) is 0 Å². The number of benzene rings is 1. The molecule has 1 unspecified atom stereocenters. The van der Waals surface area contributed by atoms with E-state index in [-0.39, 0.29) is 32.1 Å². The van der Waals surface area contributed by atoms with Crippen molar-refractivity contribution in [3.05, 3.63) is 29.8 Å². The summed E-state index contributed by atoms with van der Waals surface area (Å²) in [6.45, 7) is 2.79. The largest absolute Gasteiger partial charge is 0.492 e. The maximum atomic E-state index is 12.7. The number of unbranched alkanes of at least 4 members (excludes halogenated alkanes) is 2. The lowest BCUT2D eigenvalue weighted by Crippen LogP contribution is -2.38. The van der Waals surface area contributed by atoms with Crippen molar-refractivity contribution < 1.29 is 42.1 Å². The van der Waals surface area contributed by atoms with Crippen LogP contribution in [0.4, 0.5) is 18.0 Å². The Bertz CT molecular complexity index is 781. The number of hydrogen-bond donors (Lipinski definition) is 1. The van der Waals surface area contributed by atoms with Crippen LogP contribution in [-0.2, 0) is 20.7 Å². The van der Waals surface area contributed by atoms with Crippen LogP contribution in [0.3, 0.4) is 0 Å². The van der Waals surface area contributed by atoms with E-state index in [1.165, 1.54) is 4.90 Å². The van der Waals surface area contributed by atoms with Crippen LogP contribution in [0, 0.1) is 0 Å². The standard InChI is InChI=1S/C26H38F3NO6/c1-2-34-23(24(31)32)19-20-11-13-21(14-12-20)35-18-17-30(16-8-4-7-15-26(27,28)29)25(33)36-22-9-5-3-6-10-22/h11-14,22-23H,2-10,15-19H2,1H3,(H,31,32). The Morgan fingerprint density at radius 2 is 1.75 bits per heavy atom. The smallest absolute Gasteiger partial charge is 0.410 e. The Balaban J connectivity index is 1.84. The molecule has 0 bridgehead atoms. The van der Waals surface area contributed by atoms with Crippen molar-refractivity contribution in [1.29, 1.82) is 0 Å². The minimum atomic E-state index is -4.17. The maximum absolute atomic E-state index is 12.7. The van der Waals surface area contributed by atoms with Gasteiger partial charge in [0, 0.05) is 26.0 Å². The van der Waals surface area contributed by atoms with Crippen molar-refractivity contribution in [2.75, 3.05) is 26.3 Å². The summed E-state index contributed by atoms with van der Waals surface area (Å²) in [5.41, 5.74) is 0.791. The van der Waals surface area contributed by atoms with Crippen molar-refractivity contribution in [3.8, 4) is 5.75 Å². The molecule has 0 radical (unpaired) electrons. The first-order chi connectivity index (χ1) is 17.2. The summed E-state index contributed by atoms with van der Waals surface area (Å²) < 4.78 is 53.8. The second kappa shape index (κ2) is 15.6. The first-order valence-electron chi connectivity index (χ1n) is 12.8. The van der Waals surface area contributed by atoms with E-state index in [1.54, 1.807) is 31.2 Å². The van der Waals surface area contributed by atoms with Gasteiger partial charge in [0.25, 0.3) is 0 Å². The Morgan fingerprint density at radius 3 is 2.36 bits per heavy atom. The molecule has 1 atom stereocenters. The van der Waals surface area contributed by atoms with Crippen molar-refractivity contribution in [3.63, 3.8) is 0 Å². The highest BCUT2D eigenvalue weighted by Crippen LogP contribution is 2.23. The third-order valence-corrected chi connectivity index (χ3v) is 6.08. The molecule has 10 heteroatoms. The highest BCUT2D eigenvalue weighted by atomic mass is 19.4. The van der Waals surface area contributed by atoms with Gasteiger partial charge in [-0.1, -0.05) is 25.0 Å². The Hall–Kier alpha value is -2.49. The van der Waals surface area contributed by atoms with E-state index in [4.69, 9.17) is 14.2 Å². The number of amides is 1. The lowest BCUT2D eigenvalue weighted by molar-refractivity contribution is -0.150. The summed E-state index contributed by atoms with van der Waals surface area (Å²) in [6.07, 6.45) is -0.541. The molecule has 36 heavy (non-hydrogen) atoms. The maximum Gasteiger partial charge on any atom is 0.410 e. The zero-order valence-corrected chi connectivity index (χ0v) is 20.9. The molecule has 1 aliphatic carbocycles. The summed E-state index contributed by atoms with van der Waals surface area (Å²) in [6, 6.07) is 6.98. The third-order valence-electron chi connectivity index (χ3n) is 6.08. The van der Waals surface area contributed by atoms with Crippen LogP contribution in [0.2, 0.25) is 0 Å². The van der Waals surface area contributed by atoms with Gasteiger partial charge in [-0.05, 0) is 63.1 Å². The monoisotopic (exact) mass is 517 g/mol. The first kappa shape index (κ1) is 29.7. The zero-order valence-electron chi connectivity index (χ0n) is 20.9. The van der Waals surface area contributed by atoms with Gasteiger partial charge in [-0.2, -0.15) is 13.2 Å². The van der Waals surface area contributed by atoms with Gasteiger partial charge in [-0.25, -0.2) is 9.59 Å². The van der Waals surface area contributed by atoms with Gasteiger partial charge in [0.15, 0.2) is 6.10 Å². The van der Waals surface area contributed by atoms with Gasteiger partial charge in [0.05, 0.1) is 6.54 Å². The molecule has 1 amide bonds. The number of carboxylic acid groups (broad SMARTS) is 1. The topological polar surface area (TPSA) is 85.3 Å². The highest BCUT2D eigenvalue weighted by Gasteiger charge is 2.26. The quantitative estimate of drug-likeness (QED) is 0.288. The molecule has 1 N–H and O–H groups in total. The van der Waals surface area contributed by atoms with Crippen LogP contribution in [0.5, 0.6) is 5.75 Å². The number of carbonyl (C=O) groups excluding carboxylic acids is 1. The summed E-state index contributed by atoms with van der Waals surface area (Å²) >= 11 is 0. The van der Waals surface area contributed by atoms with E-state index in [2.05, 4.69) is 0 Å². The molecule has 1 fully saturated rings. The number of aliphatic carboxylic acids is 1. The fraction of sp³-hybridized carbons (Fsp3) is 0.692. The molecule has 1 saturated carbocycles. The molecule has 0 aliphatic heterocycles. The third kappa shape index (κ3) is 12.0. The van der Waals surface area contributed by atoms with E-state index in [0.29, 0.717) is 31.7 Å². The molecule has 2 rings (SSSR count). The Morgan fingerprint density at radius 1 is 1.06 bits per heavy atom. The molecule has 7 nitrogen and oxygen atoms in total. The molecule has 0 saturated heterocycles. The van der Waals surface area contributed by atoms with E-state index in [0.717, 1.165) is 37.7 Å². The normalized spacial score (nSPS) is 15.3. The molecular weight excluding hydrogens is 479 g/mol. The second-order valence-electron chi connectivity index (χ2n) is 9.04. The summed E-state index contributed by atoms with van der Waals surface area (Å²) in [4.78, 5) is 25.5. The molecule has 0 heterocycles. The van der Waals surface area contributed by atoms with Gasteiger partial charge in [0.1, 0.15) is 18.5 Å². The lowest BCUT2D eigenvalue weighted by Gasteiger charge is -2.27. The highest BCUT2D eigenvalue weighted by molar-refractivity contribution is 5.72. The molecule has 1 aliphatic rings. The van der Waals surface area contributed by atoms with Gasteiger partial charge in [0.2, 0.25) is 0 Å². The predicted molar refractivity (Wildman–Crippen MR) is 128 cm³/mol. The number of carbonyl (C=O) groups is 2. The molecule has 204 valence electrons. The van der Waals surface area contributed by atoms with Crippen LogP contribution >= 0.6 is 0 Å². The minimum Gasteiger partial charge on any atom is -0.492 e. The SMILES string of the molecule is CCOC(Cc1ccc(OCCN(CCCCCC(F)(F)F)C(=O)OC2CCCCC2)cc1)C(=O)O. The van der Waals surface area contributed by atoms with Gasteiger partial charge in [-0.3, -0.25) is 0 Å². The average Bonchev–Trinajstić information content (AvgIpc) is 2.83. The second-order valence-corrected chi connectivity index (χ2v) is 9.04. The molecule has 1 aromatic carbocycles. The molecule has 1 aromatic rings. The van der Waals surface area contributed by atoms with Crippen LogP contribution in [0.1, 0.15) is 70.3 Å². The molecule has 0 aromatic heterocycles. The number of halogens is 3. The van der Waals surface area contributed by atoms with Crippen LogP contribution < -0.4 is 4.74 Å². The van der Waals surface area contributed by atoms with Crippen LogP contribution in [0.15, 0.2) is 24.3 Å². The van der Waals surface area contributed by atoms with Gasteiger partial charge in [-0.15, -0.1) is 0 Å². The average molecular weight is 518 g/mol. The number of rotatable bonds is 15. The zero-order chi connectivity index (χ0) is 26.4. The number of carboxylic acids is 1. The number of hydrogen-bond acceptors (Lipinski definition) is 5. The Kier molecular flexibility index (Phi) is 12.9. The van der Waals surface area contributed by atoms with Crippen molar-refractivity contribution >= 4 is 12.1 Å². The fourth-order valence-electron chi connectivity index (χ4n) is 4.13. The van der Waals surface area contributed by atoms with E-state index >= 15 is 0 Å². The summed E-state index contributed by atoms with van der Waals surface area (Å²) in [5, 5.41) is 9.22. The fourth-order valence-corrected chi connectivity index (χ4v) is 4.13. The van der Waals surface area contributed by atoms with Crippen LogP contribution in [-0.4, -0.2) is 66.8 Å². The molecule has 0 spiro atoms. The Labute approximate surface area is 210 Å². The molecular formula is C26H38F3NO6. The number of nitrogens with zero attached hydrogens (tertiary/aromatic N) is 1. The van der Waals surface area contributed by atoms with Gasteiger partial charge >= 0.3 is 18.2 Å². The summed E-state index contributed by atoms with van der Waals surface area (Å²) in [5.74, 6) is -0.455. The first-order valence-corrected chi connectivity index (χ1v) is 12.8. The van der Waals surface area contributed by atoms with Crippen molar-refractivity contribution in [1.82, 2.24) is 4.90 Å². The van der Waals surface area contributed by atoms with Gasteiger partial charge < -0.3 is 24.2 Å². The van der Waals surface area contributed by atoms with Crippen molar-refractivity contribution in [2.24, 2.45) is 0 Å². The lowest BCUT2D eigenvalue weighted by atomic mass is 9.98. The predicted octanol–water partition coefficient (Wildman–Crippen LogP) is 5.99.